The summed E-state index contributed by atoms with van der Waals surface area (Å²) in [6.07, 6.45) is -1.99. The van der Waals surface area contributed by atoms with Gasteiger partial charge in [-0.15, -0.1) is 10.2 Å². The van der Waals surface area contributed by atoms with Crippen molar-refractivity contribution in [2.75, 3.05) is 20.2 Å². The van der Waals surface area contributed by atoms with Crippen molar-refractivity contribution in [3.8, 4) is 11.4 Å². The Balaban J connectivity index is 1.42. The molecule has 0 spiro atoms. The molecule has 0 aliphatic carbocycles. The van der Waals surface area contributed by atoms with Gasteiger partial charge in [0.2, 0.25) is 0 Å². The quantitative estimate of drug-likeness (QED) is 0.390. The highest BCUT2D eigenvalue weighted by molar-refractivity contribution is 5.96. The predicted octanol–water partition coefficient (Wildman–Crippen LogP) is 5.18. The zero-order valence-electron chi connectivity index (χ0n) is 20.2. The minimum Gasteiger partial charge on any atom is -0.497 e. The SMILES string of the molecule is COc1ccc(-n2c(C)cc(C(=O)N3CCCC(c4nnc5ccc(C(F)(F)F)cn45)C3)c2C)cc1. The molecular weight excluding hydrogens is 471 g/mol. The number of rotatable bonds is 4. The molecule has 1 aliphatic heterocycles. The molecule has 0 saturated carbocycles. The van der Waals surface area contributed by atoms with E-state index in [-0.39, 0.29) is 11.8 Å². The minimum atomic E-state index is -4.46. The predicted molar refractivity (Wildman–Crippen MR) is 128 cm³/mol. The molecule has 1 atom stereocenters. The van der Waals surface area contributed by atoms with Crippen LogP contribution in [-0.2, 0) is 6.18 Å². The summed E-state index contributed by atoms with van der Waals surface area (Å²) in [5, 5.41) is 8.24. The number of aryl methyl sites for hydroxylation is 1. The fourth-order valence-electron chi connectivity index (χ4n) is 5.01. The van der Waals surface area contributed by atoms with Gasteiger partial charge in [0.25, 0.3) is 5.91 Å². The second-order valence-corrected chi connectivity index (χ2v) is 9.11. The van der Waals surface area contributed by atoms with Crippen LogP contribution >= 0.6 is 0 Å². The number of amides is 1. The number of piperidine rings is 1. The average Bonchev–Trinajstić information content (AvgIpc) is 3.43. The largest absolute Gasteiger partial charge is 0.497 e. The molecule has 1 amide bonds. The molecule has 7 nitrogen and oxygen atoms in total. The lowest BCUT2D eigenvalue weighted by Crippen LogP contribution is -2.39. The molecule has 5 rings (SSSR count). The van der Waals surface area contributed by atoms with Gasteiger partial charge in [0, 0.05) is 42.3 Å². The van der Waals surface area contributed by atoms with Crippen molar-refractivity contribution in [1.82, 2.24) is 24.1 Å². The zero-order valence-corrected chi connectivity index (χ0v) is 20.2. The molecule has 1 saturated heterocycles. The molecule has 4 heterocycles. The number of ether oxygens (including phenoxy) is 1. The number of likely N-dealkylation sites (tertiary alicyclic amines) is 1. The Morgan fingerprint density at radius 1 is 1.08 bits per heavy atom. The lowest BCUT2D eigenvalue weighted by atomic mass is 9.96. The van der Waals surface area contributed by atoms with Gasteiger partial charge in [-0.25, -0.2) is 0 Å². The third kappa shape index (κ3) is 4.20. The second-order valence-electron chi connectivity index (χ2n) is 9.11. The summed E-state index contributed by atoms with van der Waals surface area (Å²) in [6.45, 7) is 4.80. The lowest BCUT2D eigenvalue weighted by molar-refractivity contribution is -0.137. The van der Waals surface area contributed by atoms with E-state index in [0.717, 1.165) is 41.5 Å². The Morgan fingerprint density at radius 3 is 2.53 bits per heavy atom. The number of halogens is 3. The Labute approximate surface area is 206 Å². The number of hydrogen-bond acceptors (Lipinski definition) is 4. The first-order valence-electron chi connectivity index (χ1n) is 11.7. The van der Waals surface area contributed by atoms with Crippen LogP contribution in [0.4, 0.5) is 13.2 Å². The van der Waals surface area contributed by atoms with Crippen LogP contribution in [0.5, 0.6) is 5.75 Å². The van der Waals surface area contributed by atoms with E-state index in [1.165, 1.54) is 10.5 Å². The van der Waals surface area contributed by atoms with E-state index in [4.69, 9.17) is 4.74 Å². The van der Waals surface area contributed by atoms with E-state index in [1.54, 1.807) is 12.0 Å². The lowest BCUT2D eigenvalue weighted by Gasteiger charge is -2.32. The molecule has 188 valence electrons. The Kier molecular flexibility index (Phi) is 5.97. The number of methoxy groups -OCH3 is 1. The highest BCUT2D eigenvalue weighted by atomic mass is 19.4. The minimum absolute atomic E-state index is 0.0997. The van der Waals surface area contributed by atoms with Gasteiger partial charge in [-0.3, -0.25) is 9.20 Å². The highest BCUT2D eigenvalue weighted by Crippen LogP contribution is 2.32. The number of carbonyl (C=O) groups excluding carboxylic acids is 1. The Hall–Kier alpha value is -3.82. The van der Waals surface area contributed by atoms with Crippen LogP contribution < -0.4 is 4.74 Å². The van der Waals surface area contributed by atoms with Crippen molar-refractivity contribution >= 4 is 11.6 Å². The number of aromatic nitrogens is 4. The third-order valence-corrected chi connectivity index (χ3v) is 6.82. The number of fused-ring (bicyclic) bond motifs is 1. The standard InChI is InChI=1S/C26H26F3N5O2/c1-16-13-22(17(2)34(16)20-7-9-21(36-3)10-8-20)25(35)32-12-4-5-18(14-32)24-31-30-23-11-6-19(15-33(23)24)26(27,28)29/h6-11,13,15,18H,4-5,12,14H2,1-3H3. The number of alkyl halides is 3. The van der Waals surface area contributed by atoms with E-state index in [2.05, 4.69) is 10.2 Å². The average molecular weight is 498 g/mol. The first-order chi connectivity index (χ1) is 17.2. The summed E-state index contributed by atoms with van der Waals surface area (Å²) in [7, 11) is 1.61. The van der Waals surface area contributed by atoms with Gasteiger partial charge in [-0.05, 0) is 69.2 Å². The summed E-state index contributed by atoms with van der Waals surface area (Å²) < 4.78 is 48.5. The van der Waals surface area contributed by atoms with Crippen molar-refractivity contribution in [2.24, 2.45) is 0 Å². The fourth-order valence-corrected chi connectivity index (χ4v) is 5.01. The molecule has 0 N–H and O–H groups in total. The first kappa shape index (κ1) is 23.9. The maximum absolute atomic E-state index is 13.6. The molecule has 1 unspecified atom stereocenters. The van der Waals surface area contributed by atoms with Crippen molar-refractivity contribution in [1.29, 1.82) is 0 Å². The molecule has 0 radical (unpaired) electrons. The van der Waals surface area contributed by atoms with E-state index in [9.17, 15) is 18.0 Å². The van der Waals surface area contributed by atoms with Gasteiger partial charge in [0.15, 0.2) is 5.65 Å². The van der Waals surface area contributed by atoms with Crippen LogP contribution in [0, 0.1) is 13.8 Å². The van der Waals surface area contributed by atoms with Crippen molar-refractivity contribution in [3.63, 3.8) is 0 Å². The van der Waals surface area contributed by atoms with Crippen molar-refractivity contribution in [2.45, 2.75) is 38.8 Å². The molecular formula is C26H26F3N5O2. The van der Waals surface area contributed by atoms with Gasteiger partial charge < -0.3 is 14.2 Å². The summed E-state index contributed by atoms with van der Waals surface area (Å²) in [5.74, 6) is 0.876. The van der Waals surface area contributed by atoms with Gasteiger partial charge >= 0.3 is 6.18 Å². The van der Waals surface area contributed by atoms with Crippen LogP contribution in [0.1, 0.15) is 51.9 Å². The van der Waals surface area contributed by atoms with Crippen molar-refractivity contribution < 1.29 is 22.7 Å². The molecule has 0 bridgehead atoms. The molecule has 1 aromatic carbocycles. The number of hydrogen-bond donors (Lipinski definition) is 0. The van der Waals surface area contributed by atoms with Gasteiger partial charge in [0.05, 0.1) is 18.2 Å². The molecule has 1 fully saturated rings. The number of pyridine rings is 1. The van der Waals surface area contributed by atoms with Crippen LogP contribution in [0.2, 0.25) is 0 Å². The summed E-state index contributed by atoms with van der Waals surface area (Å²) in [6, 6.07) is 11.8. The molecule has 4 aromatic rings. The van der Waals surface area contributed by atoms with E-state index < -0.39 is 11.7 Å². The van der Waals surface area contributed by atoms with Gasteiger partial charge in [0.1, 0.15) is 11.6 Å². The second kappa shape index (κ2) is 9.00. The number of nitrogens with zero attached hydrogens (tertiary/aromatic N) is 5. The summed E-state index contributed by atoms with van der Waals surface area (Å²) in [4.78, 5) is 15.4. The summed E-state index contributed by atoms with van der Waals surface area (Å²) >= 11 is 0. The van der Waals surface area contributed by atoms with E-state index in [0.29, 0.717) is 36.5 Å². The maximum Gasteiger partial charge on any atom is 0.417 e. The fraction of sp³-hybridized carbons (Fsp3) is 0.346. The maximum atomic E-state index is 13.6. The van der Waals surface area contributed by atoms with Crippen LogP contribution in [-0.4, -0.2) is 50.2 Å². The molecule has 1 aliphatic rings. The van der Waals surface area contributed by atoms with Gasteiger partial charge in [-0.1, -0.05) is 0 Å². The summed E-state index contributed by atoms with van der Waals surface area (Å²) in [5.41, 5.74) is 2.88. The number of benzene rings is 1. The number of carbonyl (C=O) groups is 1. The Bertz CT molecular complexity index is 1420. The zero-order chi connectivity index (χ0) is 25.6. The van der Waals surface area contributed by atoms with Crippen LogP contribution in [0.3, 0.4) is 0 Å². The van der Waals surface area contributed by atoms with Crippen molar-refractivity contribution in [3.05, 3.63) is 77.0 Å². The van der Waals surface area contributed by atoms with E-state index in [1.807, 2.05) is 48.7 Å². The topological polar surface area (TPSA) is 64.7 Å². The van der Waals surface area contributed by atoms with Crippen LogP contribution in [0.15, 0.2) is 48.7 Å². The molecule has 3 aromatic heterocycles. The van der Waals surface area contributed by atoms with Crippen LogP contribution in [0.25, 0.3) is 11.3 Å². The third-order valence-electron chi connectivity index (χ3n) is 6.82. The smallest absolute Gasteiger partial charge is 0.417 e. The molecule has 10 heteroatoms. The Morgan fingerprint density at radius 2 is 1.83 bits per heavy atom. The molecule has 36 heavy (non-hydrogen) atoms. The first-order valence-corrected chi connectivity index (χ1v) is 11.7. The van der Waals surface area contributed by atoms with Gasteiger partial charge in [-0.2, -0.15) is 13.2 Å². The van der Waals surface area contributed by atoms with E-state index >= 15 is 0 Å². The normalized spacial score (nSPS) is 16.5. The monoisotopic (exact) mass is 497 g/mol. The highest BCUT2D eigenvalue weighted by Gasteiger charge is 2.33.